The molecule has 0 unspecified atom stereocenters. The van der Waals surface area contributed by atoms with E-state index in [1.54, 1.807) is 34.9 Å². The number of carbonyl (C=O) groups is 2. The van der Waals surface area contributed by atoms with E-state index in [1.165, 1.54) is 21.9 Å². The van der Waals surface area contributed by atoms with Crippen LogP contribution in [-0.4, -0.2) is 54.6 Å². The molecule has 0 saturated heterocycles. The molecule has 2 N–H and O–H groups in total. The third kappa shape index (κ3) is 6.06. The van der Waals surface area contributed by atoms with Crippen LogP contribution in [0.2, 0.25) is 0 Å². The lowest BCUT2D eigenvalue weighted by molar-refractivity contribution is 0.0294. The average Bonchev–Trinajstić information content (AvgIpc) is 2.47. The summed E-state index contributed by atoms with van der Waals surface area (Å²) in [7, 11) is 3.27. The van der Waals surface area contributed by atoms with Crippen molar-refractivity contribution in [2.24, 2.45) is 0 Å². The quantitative estimate of drug-likeness (QED) is 0.837. The fourth-order valence-electron chi connectivity index (χ4n) is 1.96. The summed E-state index contributed by atoms with van der Waals surface area (Å²) in [5, 5.41) is 0. The van der Waals surface area contributed by atoms with Gasteiger partial charge in [-0.05, 0) is 45.4 Å². The molecule has 0 aromatic heterocycles. The maximum Gasteiger partial charge on any atom is 0.410 e. The van der Waals surface area contributed by atoms with Crippen LogP contribution in [0.1, 0.15) is 37.6 Å². The zero-order chi connectivity index (χ0) is 18.5. The fraction of sp³-hybridized carbons (Fsp3) is 0.529. The highest BCUT2D eigenvalue weighted by molar-refractivity contribution is 5.94. The van der Waals surface area contributed by atoms with Crippen LogP contribution >= 0.6 is 0 Å². The zero-order valence-corrected chi connectivity index (χ0v) is 14.9. The summed E-state index contributed by atoms with van der Waals surface area (Å²) in [5.41, 5.74) is 5.10. The van der Waals surface area contributed by atoms with Crippen molar-refractivity contribution in [2.45, 2.75) is 32.8 Å². The molecule has 2 amide bonds. The van der Waals surface area contributed by atoms with Crippen LogP contribution in [0.3, 0.4) is 0 Å². The number of amides is 2. The molecular formula is C17H26FN3O3. The summed E-state index contributed by atoms with van der Waals surface area (Å²) in [6, 6.07) is 3.98. The predicted octanol–water partition coefficient (Wildman–Crippen LogP) is 2.74. The Bertz CT molecular complexity index is 599. The fourth-order valence-corrected chi connectivity index (χ4v) is 1.96. The number of hydrogen-bond acceptors (Lipinski definition) is 4. The largest absolute Gasteiger partial charge is 0.444 e. The Kier molecular flexibility index (Phi) is 6.57. The molecule has 0 aliphatic heterocycles. The van der Waals surface area contributed by atoms with Crippen molar-refractivity contribution in [1.29, 1.82) is 0 Å². The van der Waals surface area contributed by atoms with Gasteiger partial charge in [0.2, 0.25) is 0 Å². The molecule has 1 rings (SSSR count). The average molecular weight is 339 g/mol. The number of nitrogen functional groups attached to an aromatic ring is 1. The van der Waals surface area contributed by atoms with Gasteiger partial charge in [-0.1, -0.05) is 0 Å². The first-order valence-corrected chi connectivity index (χ1v) is 7.76. The van der Waals surface area contributed by atoms with Crippen molar-refractivity contribution >= 4 is 17.7 Å². The number of anilines is 1. The second kappa shape index (κ2) is 7.99. The van der Waals surface area contributed by atoms with Gasteiger partial charge in [0, 0.05) is 32.7 Å². The molecular weight excluding hydrogens is 313 g/mol. The van der Waals surface area contributed by atoms with Gasteiger partial charge in [-0.25, -0.2) is 9.18 Å². The molecule has 1 aromatic carbocycles. The van der Waals surface area contributed by atoms with Crippen LogP contribution in [0.25, 0.3) is 0 Å². The second-order valence-electron chi connectivity index (χ2n) is 6.72. The number of carbonyl (C=O) groups excluding carboxylic acids is 2. The number of nitrogens with two attached hydrogens (primary N) is 1. The van der Waals surface area contributed by atoms with Crippen molar-refractivity contribution in [3.05, 3.63) is 29.6 Å². The Morgan fingerprint density at radius 3 is 2.29 bits per heavy atom. The number of ether oxygens (including phenoxy) is 1. The highest BCUT2D eigenvalue weighted by atomic mass is 19.1. The SMILES string of the molecule is CN(CCCN(C)C(=O)c1ccc(N)c(F)c1)C(=O)OC(C)(C)C. The minimum Gasteiger partial charge on any atom is -0.444 e. The lowest BCUT2D eigenvalue weighted by Crippen LogP contribution is -2.36. The first kappa shape index (κ1) is 19.7. The predicted molar refractivity (Wildman–Crippen MR) is 91.3 cm³/mol. The highest BCUT2D eigenvalue weighted by Gasteiger charge is 2.19. The smallest absolute Gasteiger partial charge is 0.410 e. The maximum atomic E-state index is 13.4. The van der Waals surface area contributed by atoms with Crippen molar-refractivity contribution in [3.63, 3.8) is 0 Å². The van der Waals surface area contributed by atoms with Gasteiger partial charge < -0.3 is 20.3 Å². The van der Waals surface area contributed by atoms with Crippen molar-refractivity contribution in [2.75, 3.05) is 32.9 Å². The highest BCUT2D eigenvalue weighted by Crippen LogP contribution is 2.14. The number of rotatable bonds is 5. The first-order valence-electron chi connectivity index (χ1n) is 7.76. The normalized spacial score (nSPS) is 11.1. The molecule has 0 aliphatic rings. The van der Waals surface area contributed by atoms with Crippen LogP contribution in [0.5, 0.6) is 0 Å². The van der Waals surface area contributed by atoms with Crippen LogP contribution < -0.4 is 5.73 Å². The monoisotopic (exact) mass is 339 g/mol. The summed E-state index contributed by atoms with van der Waals surface area (Å²) < 4.78 is 18.7. The van der Waals surface area contributed by atoms with E-state index in [0.717, 1.165) is 6.07 Å². The van der Waals surface area contributed by atoms with Gasteiger partial charge in [0.05, 0.1) is 5.69 Å². The zero-order valence-electron chi connectivity index (χ0n) is 14.9. The molecule has 134 valence electrons. The Labute approximate surface area is 142 Å². The van der Waals surface area contributed by atoms with E-state index in [0.29, 0.717) is 19.5 Å². The van der Waals surface area contributed by atoms with Crippen molar-refractivity contribution < 1.29 is 18.7 Å². The van der Waals surface area contributed by atoms with E-state index in [1.807, 2.05) is 0 Å². The van der Waals surface area contributed by atoms with Gasteiger partial charge in [0.1, 0.15) is 11.4 Å². The summed E-state index contributed by atoms with van der Waals surface area (Å²) in [6.07, 6.45) is 0.173. The van der Waals surface area contributed by atoms with E-state index < -0.39 is 17.5 Å². The molecule has 0 heterocycles. The molecule has 0 fully saturated rings. The summed E-state index contributed by atoms with van der Waals surface area (Å²) in [6.45, 7) is 6.28. The van der Waals surface area contributed by atoms with Gasteiger partial charge in [-0.15, -0.1) is 0 Å². The van der Waals surface area contributed by atoms with Crippen molar-refractivity contribution in [1.82, 2.24) is 9.80 Å². The number of nitrogens with zero attached hydrogens (tertiary/aromatic N) is 2. The number of halogens is 1. The van der Waals surface area contributed by atoms with Crippen LogP contribution in [0.4, 0.5) is 14.9 Å². The standard InChI is InChI=1S/C17H26FN3O3/c1-17(2,3)24-16(23)21(5)10-6-9-20(4)15(22)12-7-8-14(19)13(18)11-12/h7-8,11H,6,9-10,19H2,1-5H3. The molecule has 6 nitrogen and oxygen atoms in total. The molecule has 0 aliphatic carbocycles. The van der Waals surface area contributed by atoms with Crippen LogP contribution in [0.15, 0.2) is 18.2 Å². The third-order valence-corrected chi connectivity index (χ3v) is 3.29. The summed E-state index contributed by atoms with van der Waals surface area (Å²) in [4.78, 5) is 27.0. The minimum atomic E-state index is -0.612. The van der Waals surface area contributed by atoms with E-state index >= 15 is 0 Å². The molecule has 0 radical (unpaired) electrons. The van der Waals surface area contributed by atoms with E-state index in [9.17, 15) is 14.0 Å². The van der Waals surface area contributed by atoms with E-state index in [2.05, 4.69) is 0 Å². The maximum absolute atomic E-state index is 13.4. The number of hydrogen-bond donors (Lipinski definition) is 1. The Morgan fingerprint density at radius 2 is 1.75 bits per heavy atom. The Hall–Kier alpha value is -2.31. The Morgan fingerprint density at radius 1 is 1.17 bits per heavy atom. The second-order valence-corrected chi connectivity index (χ2v) is 6.72. The molecule has 24 heavy (non-hydrogen) atoms. The van der Waals surface area contributed by atoms with Crippen LogP contribution in [0, 0.1) is 5.82 Å². The van der Waals surface area contributed by atoms with E-state index in [-0.39, 0.29) is 17.2 Å². The lowest BCUT2D eigenvalue weighted by Gasteiger charge is -2.25. The molecule has 0 atom stereocenters. The molecule has 0 spiro atoms. The van der Waals surface area contributed by atoms with Crippen molar-refractivity contribution in [3.8, 4) is 0 Å². The topological polar surface area (TPSA) is 75.9 Å². The van der Waals surface area contributed by atoms with Crippen LogP contribution in [-0.2, 0) is 4.74 Å². The van der Waals surface area contributed by atoms with Gasteiger partial charge in [0.25, 0.3) is 5.91 Å². The summed E-state index contributed by atoms with van der Waals surface area (Å²) in [5.74, 6) is -0.910. The summed E-state index contributed by atoms with van der Waals surface area (Å²) >= 11 is 0. The van der Waals surface area contributed by atoms with Gasteiger partial charge in [-0.2, -0.15) is 0 Å². The molecule has 0 bridgehead atoms. The minimum absolute atomic E-state index is 0.00758. The van der Waals surface area contributed by atoms with Gasteiger partial charge in [0.15, 0.2) is 0 Å². The Balaban J connectivity index is 2.48. The van der Waals surface area contributed by atoms with Gasteiger partial charge in [-0.3, -0.25) is 4.79 Å². The molecule has 0 saturated carbocycles. The number of benzene rings is 1. The third-order valence-electron chi connectivity index (χ3n) is 3.29. The lowest BCUT2D eigenvalue weighted by atomic mass is 10.1. The van der Waals surface area contributed by atoms with Gasteiger partial charge >= 0.3 is 6.09 Å². The molecule has 7 heteroatoms. The van der Waals surface area contributed by atoms with E-state index in [4.69, 9.17) is 10.5 Å². The first-order chi connectivity index (χ1) is 11.0. The molecule has 1 aromatic rings.